The van der Waals surface area contributed by atoms with Crippen molar-refractivity contribution in [2.24, 2.45) is 11.7 Å². The van der Waals surface area contributed by atoms with Crippen molar-refractivity contribution in [3.05, 3.63) is 0 Å². The minimum atomic E-state index is 0.339. The third-order valence-electron chi connectivity index (χ3n) is 4.31. The SMILES string of the molecule is CN1CCC(C(N)C2CNCCN2C)CC1. The van der Waals surface area contributed by atoms with Gasteiger partial charge in [0.1, 0.15) is 0 Å². The van der Waals surface area contributed by atoms with Gasteiger partial charge in [-0.3, -0.25) is 4.90 Å². The molecule has 2 aliphatic heterocycles. The van der Waals surface area contributed by atoms with E-state index in [1.54, 1.807) is 0 Å². The molecule has 0 aromatic heterocycles. The molecule has 2 rings (SSSR count). The molecule has 94 valence electrons. The highest BCUT2D eigenvalue weighted by molar-refractivity contribution is 4.91. The minimum absolute atomic E-state index is 0.339. The van der Waals surface area contributed by atoms with Crippen molar-refractivity contribution >= 4 is 0 Å². The summed E-state index contributed by atoms with van der Waals surface area (Å²) in [7, 11) is 4.41. The Bertz CT molecular complexity index is 213. The van der Waals surface area contributed by atoms with Gasteiger partial charge in [0.15, 0.2) is 0 Å². The second-order valence-electron chi connectivity index (χ2n) is 5.47. The van der Waals surface area contributed by atoms with Crippen LogP contribution >= 0.6 is 0 Å². The fourth-order valence-electron chi connectivity index (χ4n) is 2.98. The first kappa shape index (κ1) is 12.3. The molecule has 0 aliphatic carbocycles. The van der Waals surface area contributed by atoms with E-state index in [0.717, 1.165) is 19.6 Å². The first-order valence-corrected chi connectivity index (χ1v) is 6.53. The maximum absolute atomic E-state index is 6.46. The Morgan fingerprint density at radius 3 is 2.50 bits per heavy atom. The van der Waals surface area contributed by atoms with Gasteiger partial charge in [0.05, 0.1) is 0 Å². The molecule has 0 amide bonds. The average molecular weight is 226 g/mol. The molecule has 0 aromatic rings. The Labute approximate surface area is 99.2 Å². The molecule has 0 bridgehead atoms. The zero-order chi connectivity index (χ0) is 11.5. The number of hydrogen-bond acceptors (Lipinski definition) is 4. The second-order valence-corrected chi connectivity index (χ2v) is 5.47. The van der Waals surface area contributed by atoms with Crippen molar-refractivity contribution in [2.45, 2.75) is 24.9 Å². The van der Waals surface area contributed by atoms with Crippen molar-refractivity contribution in [3.63, 3.8) is 0 Å². The normalized spacial score (nSPS) is 32.8. The van der Waals surface area contributed by atoms with Crippen LogP contribution in [-0.2, 0) is 0 Å². The van der Waals surface area contributed by atoms with Gasteiger partial charge in [0.2, 0.25) is 0 Å². The predicted octanol–water partition coefficient (Wildman–Crippen LogP) is -0.441. The lowest BCUT2D eigenvalue weighted by Gasteiger charge is -2.42. The number of piperazine rings is 1. The lowest BCUT2D eigenvalue weighted by Crippen LogP contribution is -2.60. The van der Waals surface area contributed by atoms with Gasteiger partial charge in [0.25, 0.3) is 0 Å². The quantitative estimate of drug-likeness (QED) is 0.670. The van der Waals surface area contributed by atoms with Crippen LogP contribution in [0.15, 0.2) is 0 Å². The number of likely N-dealkylation sites (tertiary alicyclic amines) is 1. The third kappa shape index (κ3) is 2.74. The van der Waals surface area contributed by atoms with Crippen LogP contribution in [0.5, 0.6) is 0 Å². The predicted molar refractivity (Wildman–Crippen MR) is 67.5 cm³/mol. The summed E-state index contributed by atoms with van der Waals surface area (Å²) < 4.78 is 0. The number of rotatable bonds is 2. The molecule has 4 heteroatoms. The van der Waals surface area contributed by atoms with Crippen molar-refractivity contribution in [1.29, 1.82) is 0 Å². The molecule has 0 spiro atoms. The zero-order valence-electron chi connectivity index (χ0n) is 10.7. The summed E-state index contributed by atoms with van der Waals surface area (Å²) in [4.78, 5) is 4.84. The summed E-state index contributed by atoms with van der Waals surface area (Å²) in [6.45, 7) is 5.71. The van der Waals surface area contributed by atoms with E-state index in [9.17, 15) is 0 Å². The van der Waals surface area contributed by atoms with E-state index >= 15 is 0 Å². The second kappa shape index (κ2) is 5.45. The van der Waals surface area contributed by atoms with Crippen LogP contribution in [0.3, 0.4) is 0 Å². The standard InChI is InChI=1S/C12H26N4/c1-15-6-3-10(4-7-15)12(13)11-9-14-5-8-16(11)2/h10-12,14H,3-9,13H2,1-2H3. The van der Waals surface area contributed by atoms with E-state index < -0.39 is 0 Å². The minimum Gasteiger partial charge on any atom is -0.326 e. The monoisotopic (exact) mass is 226 g/mol. The Kier molecular flexibility index (Phi) is 4.19. The maximum atomic E-state index is 6.46. The van der Waals surface area contributed by atoms with Gasteiger partial charge in [-0.1, -0.05) is 0 Å². The van der Waals surface area contributed by atoms with Gasteiger partial charge in [0, 0.05) is 31.7 Å². The molecule has 3 N–H and O–H groups in total. The average Bonchev–Trinajstić information content (AvgIpc) is 2.30. The number of nitrogens with zero attached hydrogens (tertiary/aromatic N) is 2. The smallest absolute Gasteiger partial charge is 0.0372 e. The van der Waals surface area contributed by atoms with Crippen molar-refractivity contribution < 1.29 is 0 Å². The van der Waals surface area contributed by atoms with Crippen LogP contribution in [0.4, 0.5) is 0 Å². The lowest BCUT2D eigenvalue weighted by atomic mass is 9.85. The Balaban J connectivity index is 1.88. The van der Waals surface area contributed by atoms with E-state index in [4.69, 9.17) is 5.73 Å². The zero-order valence-corrected chi connectivity index (χ0v) is 10.7. The number of nitrogens with two attached hydrogens (primary N) is 1. The summed E-state index contributed by atoms with van der Waals surface area (Å²) in [6, 6.07) is 0.869. The summed E-state index contributed by atoms with van der Waals surface area (Å²) in [5.41, 5.74) is 6.46. The van der Waals surface area contributed by atoms with E-state index in [2.05, 4.69) is 29.2 Å². The third-order valence-corrected chi connectivity index (χ3v) is 4.31. The molecule has 2 unspecified atom stereocenters. The van der Waals surface area contributed by atoms with Crippen LogP contribution in [0.25, 0.3) is 0 Å². The summed E-state index contributed by atoms with van der Waals surface area (Å²) >= 11 is 0. The first-order chi connectivity index (χ1) is 7.68. The molecule has 4 nitrogen and oxygen atoms in total. The number of nitrogens with one attached hydrogen (secondary N) is 1. The van der Waals surface area contributed by atoms with Gasteiger partial charge in [-0.2, -0.15) is 0 Å². The van der Waals surface area contributed by atoms with Crippen molar-refractivity contribution in [1.82, 2.24) is 15.1 Å². The lowest BCUT2D eigenvalue weighted by molar-refractivity contribution is 0.116. The molecule has 0 aromatic carbocycles. The molecule has 16 heavy (non-hydrogen) atoms. The molecular weight excluding hydrogens is 200 g/mol. The molecule has 2 saturated heterocycles. The highest BCUT2D eigenvalue weighted by Gasteiger charge is 2.32. The Morgan fingerprint density at radius 2 is 1.88 bits per heavy atom. The fraction of sp³-hybridized carbons (Fsp3) is 1.00. The highest BCUT2D eigenvalue weighted by Crippen LogP contribution is 2.22. The summed E-state index contributed by atoms with van der Waals surface area (Å²) in [6.07, 6.45) is 2.53. The number of piperidine rings is 1. The Hall–Kier alpha value is -0.160. The molecule has 2 fully saturated rings. The number of likely N-dealkylation sites (N-methyl/N-ethyl adjacent to an activating group) is 1. The van der Waals surface area contributed by atoms with Gasteiger partial charge in [-0.25, -0.2) is 0 Å². The highest BCUT2D eigenvalue weighted by atomic mass is 15.2. The largest absolute Gasteiger partial charge is 0.326 e. The van der Waals surface area contributed by atoms with E-state index in [1.165, 1.54) is 25.9 Å². The van der Waals surface area contributed by atoms with E-state index in [-0.39, 0.29) is 0 Å². The number of hydrogen-bond donors (Lipinski definition) is 2. The molecule has 2 atom stereocenters. The van der Waals surface area contributed by atoms with Gasteiger partial charge < -0.3 is 16.0 Å². The first-order valence-electron chi connectivity index (χ1n) is 6.53. The van der Waals surface area contributed by atoms with Crippen LogP contribution in [0, 0.1) is 5.92 Å². The maximum Gasteiger partial charge on any atom is 0.0372 e. The summed E-state index contributed by atoms with van der Waals surface area (Å²) in [5.74, 6) is 0.712. The Morgan fingerprint density at radius 1 is 1.19 bits per heavy atom. The van der Waals surface area contributed by atoms with Crippen LogP contribution < -0.4 is 11.1 Å². The summed E-state index contributed by atoms with van der Waals surface area (Å²) in [5, 5.41) is 3.46. The van der Waals surface area contributed by atoms with Crippen molar-refractivity contribution in [3.8, 4) is 0 Å². The molecule has 2 heterocycles. The fourth-order valence-corrected chi connectivity index (χ4v) is 2.98. The van der Waals surface area contributed by atoms with E-state index in [1.807, 2.05) is 0 Å². The molecule has 0 radical (unpaired) electrons. The van der Waals surface area contributed by atoms with Crippen LogP contribution in [0.1, 0.15) is 12.8 Å². The molecular formula is C12H26N4. The van der Waals surface area contributed by atoms with E-state index in [0.29, 0.717) is 18.0 Å². The van der Waals surface area contributed by atoms with Crippen LogP contribution in [0.2, 0.25) is 0 Å². The van der Waals surface area contributed by atoms with Gasteiger partial charge in [-0.15, -0.1) is 0 Å². The van der Waals surface area contributed by atoms with Gasteiger partial charge >= 0.3 is 0 Å². The molecule has 2 aliphatic rings. The van der Waals surface area contributed by atoms with Gasteiger partial charge in [-0.05, 0) is 45.9 Å². The topological polar surface area (TPSA) is 44.5 Å². The van der Waals surface area contributed by atoms with Crippen molar-refractivity contribution in [2.75, 3.05) is 46.8 Å². The molecule has 0 saturated carbocycles. The van der Waals surface area contributed by atoms with Crippen LogP contribution in [-0.4, -0.2) is 68.7 Å².